The van der Waals surface area contributed by atoms with Crippen molar-refractivity contribution in [3.8, 4) is 17.4 Å². The molecule has 0 aliphatic rings. The summed E-state index contributed by atoms with van der Waals surface area (Å²) in [7, 11) is 0. The first-order valence-electron chi connectivity index (χ1n) is 10.5. The predicted molar refractivity (Wildman–Crippen MR) is 130 cm³/mol. The Bertz CT molecular complexity index is 1610. The van der Waals surface area contributed by atoms with Crippen LogP contribution in [0.15, 0.2) is 51.7 Å². The van der Waals surface area contributed by atoms with Crippen molar-refractivity contribution in [1.82, 2.24) is 4.98 Å². The molecule has 0 fully saturated rings. The van der Waals surface area contributed by atoms with Gasteiger partial charge in [0, 0.05) is 11.1 Å². The Labute approximate surface area is 204 Å². The standard InChI is InChI=1S/C26H19ClFN3O4/c1-12-8-16(14(3)30-20-6-7-21(27)31-22(20)26(33)34)25-18(9-12)23(32)13(2)24(35-25)17-10-15(11-29)4-5-19(17)28/h4-10,14,30H,1-3H3,(H,33,34). The highest BCUT2D eigenvalue weighted by Crippen LogP contribution is 2.34. The van der Waals surface area contributed by atoms with E-state index in [1.165, 1.54) is 24.3 Å². The minimum Gasteiger partial charge on any atom is -0.476 e. The van der Waals surface area contributed by atoms with E-state index >= 15 is 0 Å². The number of carboxylic acids is 1. The summed E-state index contributed by atoms with van der Waals surface area (Å²) in [4.78, 5) is 28.8. The van der Waals surface area contributed by atoms with Crippen LogP contribution >= 0.6 is 11.6 Å². The molecule has 0 aliphatic heterocycles. The van der Waals surface area contributed by atoms with Gasteiger partial charge in [-0.15, -0.1) is 0 Å². The number of nitriles is 1. The molecule has 9 heteroatoms. The molecule has 0 spiro atoms. The summed E-state index contributed by atoms with van der Waals surface area (Å²) in [6, 6.07) is 11.7. The highest BCUT2D eigenvalue weighted by atomic mass is 35.5. The molecular weight excluding hydrogens is 473 g/mol. The number of hydrogen-bond donors (Lipinski definition) is 2. The highest BCUT2D eigenvalue weighted by molar-refractivity contribution is 6.29. The minimum atomic E-state index is -1.26. The SMILES string of the molecule is Cc1cc(C(C)Nc2ccc(Cl)nc2C(=O)O)c2oc(-c3cc(C#N)ccc3F)c(C)c(=O)c2c1. The van der Waals surface area contributed by atoms with Crippen molar-refractivity contribution >= 4 is 34.2 Å². The fourth-order valence-corrected chi connectivity index (χ4v) is 4.09. The summed E-state index contributed by atoms with van der Waals surface area (Å²) in [5, 5.41) is 22.2. The van der Waals surface area contributed by atoms with E-state index in [1.807, 2.05) is 13.0 Å². The van der Waals surface area contributed by atoms with Crippen molar-refractivity contribution in [1.29, 1.82) is 5.26 Å². The second kappa shape index (κ2) is 9.20. The maximum atomic E-state index is 14.7. The Morgan fingerprint density at radius 2 is 1.97 bits per heavy atom. The molecular formula is C26H19ClFN3O4. The molecule has 7 nitrogen and oxygen atoms in total. The number of aromatic carboxylic acids is 1. The molecule has 2 N–H and O–H groups in total. The van der Waals surface area contributed by atoms with E-state index < -0.39 is 17.8 Å². The summed E-state index contributed by atoms with van der Waals surface area (Å²) in [6.45, 7) is 5.13. The van der Waals surface area contributed by atoms with Crippen LogP contribution in [0.2, 0.25) is 5.15 Å². The maximum absolute atomic E-state index is 14.7. The first-order valence-corrected chi connectivity index (χ1v) is 10.9. The number of rotatable bonds is 5. The molecule has 176 valence electrons. The van der Waals surface area contributed by atoms with E-state index in [0.29, 0.717) is 10.9 Å². The van der Waals surface area contributed by atoms with Gasteiger partial charge >= 0.3 is 5.97 Å². The topological polar surface area (TPSA) is 116 Å². The number of pyridine rings is 1. The zero-order valence-corrected chi connectivity index (χ0v) is 19.7. The van der Waals surface area contributed by atoms with Crippen LogP contribution in [0, 0.1) is 31.0 Å². The summed E-state index contributed by atoms with van der Waals surface area (Å²) in [6.07, 6.45) is 0. The van der Waals surface area contributed by atoms with Gasteiger partial charge in [-0.2, -0.15) is 5.26 Å². The third-order valence-corrected chi connectivity index (χ3v) is 5.84. The smallest absolute Gasteiger partial charge is 0.356 e. The van der Waals surface area contributed by atoms with Crippen molar-refractivity contribution in [2.45, 2.75) is 26.8 Å². The fraction of sp³-hybridized carbons (Fsp3) is 0.154. The first-order chi connectivity index (χ1) is 16.6. The van der Waals surface area contributed by atoms with Crippen LogP contribution in [-0.4, -0.2) is 16.1 Å². The van der Waals surface area contributed by atoms with Crippen molar-refractivity contribution in [2.24, 2.45) is 0 Å². The molecule has 2 aromatic carbocycles. The van der Waals surface area contributed by atoms with Crippen molar-refractivity contribution < 1.29 is 18.7 Å². The van der Waals surface area contributed by atoms with Crippen molar-refractivity contribution in [2.75, 3.05) is 5.32 Å². The number of nitrogens with one attached hydrogen (secondary N) is 1. The van der Waals surface area contributed by atoms with Crippen molar-refractivity contribution in [3.05, 3.63) is 91.6 Å². The molecule has 4 aromatic rings. The Kier molecular flexibility index (Phi) is 6.29. The van der Waals surface area contributed by atoms with Crippen LogP contribution in [0.3, 0.4) is 0 Å². The molecule has 0 saturated heterocycles. The van der Waals surface area contributed by atoms with Crippen LogP contribution < -0.4 is 10.7 Å². The number of carboxylic acid groups (broad SMARTS) is 1. The number of aryl methyl sites for hydroxylation is 1. The first kappa shape index (κ1) is 23.9. The van der Waals surface area contributed by atoms with Crippen LogP contribution in [0.4, 0.5) is 10.1 Å². The summed E-state index contributed by atoms with van der Waals surface area (Å²) in [5.41, 5.74) is 1.63. The summed E-state index contributed by atoms with van der Waals surface area (Å²) >= 11 is 5.85. The Morgan fingerprint density at radius 3 is 2.66 bits per heavy atom. The number of anilines is 1. The van der Waals surface area contributed by atoms with Gasteiger partial charge in [-0.1, -0.05) is 17.7 Å². The summed E-state index contributed by atoms with van der Waals surface area (Å²) < 4.78 is 20.8. The molecule has 2 heterocycles. The van der Waals surface area contributed by atoms with Gasteiger partial charge in [0.25, 0.3) is 0 Å². The van der Waals surface area contributed by atoms with E-state index in [0.717, 1.165) is 11.6 Å². The van der Waals surface area contributed by atoms with Crippen LogP contribution in [0.5, 0.6) is 0 Å². The number of aromatic nitrogens is 1. The second-order valence-corrected chi connectivity index (χ2v) is 8.51. The van der Waals surface area contributed by atoms with E-state index in [-0.39, 0.29) is 50.0 Å². The third kappa shape index (κ3) is 4.46. The van der Waals surface area contributed by atoms with E-state index in [1.54, 1.807) is 26.0 Å². The minimum absolute atomic E-state index is 0.00255. The number of fused-ring (bicyclic) bond motifs is 1. The zero-order chi connectivity index (χ0) is 25.4. The molecule has 35 heavy (non-hydrogen) atoms. The van der Waals surface area contributed by atoms with Gasteiger partial charge in [0.05, 0.1) is 34.3 Å². The Morgan fingerprint density at radius 1 is 1.23 bits per heavy atom. The number of halogens is 2. The normalized spacial score (nSPS) is 11.8. The van der Waals surface area contributed by atoms with Gasteiger partial charge in [0.1, 0.15) is 22.3 Å². The van der Waals surface area contributed by atoms with Gasteiger partial charge in [-0.05, 0) is 62.7 Å². The lowest BCUT2D eigenvalue weighted by molar-refractivity contribution is 0.0691. The van der Waals surface area contributed by atoms with Crippen LogP contribution in [0.1, 0.15) is 45.7 Å². The monoisotopic (exact) mass is 491 g/mol. The average Bonchev–Trinajstić information content (AvgIpc) is 2.82. The average molecular weight is 492 g/mol. The van der Waals surface area contributed by atoms with Gasteiger partial charge in [0.2, 0.25) is 0 Å². The molecule has 0 aliphatic carbocycles. The zero-order valence-electron chi connectivity index (χ0n) is 18.9. The largest absolute Gasteiger partial charge is 0.476 e. The van der Waals surface area contributed by atoms with Gasteiger partial charge in [-0.3, -0.25) is 4.79 Å². The number of nitrogens with zero attached hydrogens (tertiary/aromatic N) is 2. The highest BCUT2D eigenvalue weighted by Gasteiger charge is 2.22. The van der Waals surface area contributed by atoms with Gasteiger partial charge in [-0.25, -0.2) is 14.2 Å². The van der Waals surface area contributed by atoms with Gasteiger partial charge in [0.15, 0.2) is 11.1 Å². The lowest BCUT2D eigenvalue weighted by Crippen LogP contribution is -2.14. The molecule has 0 bridgehead atoms. The molecule has 0 radical (unpaired) electrons. The molecule has 2 aromatic heterocycles. The molecule has 0 saturated carbocycles. The molecule has 4 rings (SSSR count). The predicted octanol–water partition coefficient (Wildman–Crippen LogP) is 6.01. The number of hydrogen-bond acceptors (Lipinski definition) is 6. The van der Waals surface area contributed by atoms with Crippen LogP contribution in [0.25, 0.3) is 22.3 Å². The third-order valence-electron chi connectivity index (χ3n) is 5.63. The quantitative estimate of drug-likeness (QED) is 0.328. The Hall–Kier alpha value is -4.22. The van der Waals surface area contributed by atoms with Crippen LogP contribution in [-0.2, 0) is 0 Å². The Balaban J connectivity index is 1.92. The van der Waals surface area contributed by atoms with E-state index in [2.05, 4.69) is 10.3 Å². The molecule has 0 amide bonds. The molecule has 1 atom stereocenters. The summed E-state index contributed by atoms with van der Waals surface area (Å²) in [5.74, 6) is -1.87. The lowest BCUT2D eigenvalue weighted by Gasteiger charge is -2.19. The fourth-order valence-electron chi connectivity index (χ4n) is 3.94. The maximum Gasteiger partial charge on any atom is 0.356 e. The lowest BCUT2D eigenvalue weighted by atomic mass is 9.98. The van der Waals surface area contributed by atoms with E-state index in [4.69, 9.17) is 16.0 Å². The van der Waals surface area contributed by atoms with Gasteiger partial charge < -0.3 is 14.8 Å². The van der Waals surface area contributed by atoms with Crippen molar-refractivity contribution in [3.63, 3.8) is 0 Å². The number of carbonyl (C=O) groups is 1. The second-order valence-electron chi connectivity index (χ2n) is 8.12. The number of benzene rings is 2. The molecule has 1 unspecified atom stereocenters. The van der Waals surface area contributed by atoms with E-state index in [9.17, 15) is 24.3 Å².